The molecule has 0 bridgehead atoms. The first kappa shape index (κ1) is 15.0. The summed E-state index contributed by atoms with van der Waals surface area (Å²) < 4.78 is 0. The molecule has 1 aromatic carbocycles. The van der Waals surface area contributed by atoms with Crippen molar-refractivity contribution in [2.24, 2.45) is 0 Å². The Hall–Kier alpha value is -1.40. The van der Waals surface area contributed by atoms with Crippen LogP contribution in [0.15, 0.2) is 34.7 Å². The van der Waals surface area contributed by atoms with Crippen LogP contribution in [0.4, 0.5) is 5.69 Å². The Morgan fingerprint density at radius 2 is 2.25 bits per heavy atom. The number of anilines is 1. The van der Waals surface area contributed by atoms with Gasteiger partial charge in [-0.1, -0.05) is 24.6 Å². The van der Waals surface area contributed by atoms with Crippen molar-refractivity contribution in [3.05, 3.63) is 35.4 Å². The van der Waals surface area contributed by atoms with Crippen molar-refractivity contribution in [3.63, 3.8) is 0 Å². The quantitative estimate of drug-likeness (QED) is 0.592. The van der Waals surface area contributed by atoms with Crippen LogP contribution in [-0.4, -0.2) is 12.3 Å². The largest absolute Gasteiger partial charge is 0.384 e. The summed E-state index contributed by atoms with van der Waals surface area (Å²) >= 11 is 1.73. The van der Waals surface area contributed by atoms with Crippen molar-refractivity contribution in [1.82, 2.24) is 0 Å². The van der Waals surface area contributed by atoms with E-state index in [4.69, 9.17) is 0 Å². The Bertz CT molecular complexity index is 514. The van der Waals surface area contributed by atoms with Gasteiger partial charge in [-0.2, -0.15) is 5.26 Å². The van der Waals surface area contributed by atoms with E-state index in [1.54, 1.807) is 17.3 Å². The van der Waals surface area contributed by atoms with Crippen LogP contribution < -0.4 is 5.32 Å². The minimum atomic E-state index is 0.789. The summed E-state index contributed by atoms with van der Waals surface area (Å²) in [6.45, 7) is 3.03. The van der Waals surface area contributed by atoms with Crippen LogP contribution in [0.5, 0.6) is 0 Å². The van der Waals surface area contributed by atoms with Gasteiger partial charge in [0.2, 0.25) is 0 Å². The number of nitrogens with zero attached hydrogens (tertiary/aromatic N) is 1. The topological polar surface area (TPSA) is 35.8 Å². The molecule has 2 rings (SSSR count). The van der Waals surface area contributed by atoms with Crippen LogP contribution in [-0.2, 0) is 0 Å². The van der Waals surface area contributed by atoms with Gasteiger partial charge in [0, 0.05) is 11.4 Å². The summed E-state index contributed by atoms with van der Waals surface area (Å²) in [5, 5.41) is 12.8. The van der Waals surface area contributed by atoms with Gasteiger partial charge < -0.3 is 5.32 Å². The van der Waals surface area contributed by atoms with Crippen LogP contribution in [0.2, 0.25) is 0 Å². The summed E-state index contributed by atoms with van der Waals surface area (Å²) in [6, 6.07) is 8.41. The maximum atomic E-state index is 9.36. The number of allylic oxidation sites excluding steroid dienone is 1. The van der Waals surface area contributed by atoms with Gasteiger partial charge in [0.1, 0.15) is 6.07 Å². The highest BCUT2D eigenvalue weighted by Gasteiger charge is 2.08. The highest BCUT2D eigenvalue weighted by atomic mass is 32.2. The highest BCUT2D eigenvalue weighted by molar-refractivity contribution is 7.99. The molecular weight excluding hydrogens is 264 g/mol. The van der Waals surface area contributed by atoms with Gasteiger partial charge in [0.05, 0.1) is 11.3 Å². The van der Waals surface area contributed by atoms with E-state index in [9.17, 15) is 5.26 Å². The van der Waals surface area contributed by atoms with E-state index in [0.29, 0.717) is 0 Å². The first-order chi connectivity index (χ1) is 9.85. The smallest absolute Gasteiger partial charge is 0.102 e. The SMILES string of the molecule is CCSc1cccc(NCCC2=CCCCC2)c1C#N. The van der Waals surface area contributed by atoms with Crippen LogP contribution in [0, 0.1) is 11.3 Å². The van der Waals surface area contributed by atoms with E-state index in [1.807, 2.05) is 18.2 Å². The molecule has 3 heteroatoms. The number of rotatable bonds is 6. The molecule has 106 valence electrons. The Morgan fingerprint density at radius 3 is 2.95 bits per heavy atom. The van der Waals surface area contributed by atoms with Gasteiger partial charge in [-0.05, 0) is 50.0 Å². The first-order valence-electron chi connectivity index (χ1n) is 7.43. The average Bonchev–Trinajstić information content (AvgIpc) is 2.49. The van der Waals surface area contributed by atoms with Gasteiger partial charge >= 0.3 is 0 Å². The lowest BCUT2D eigenvalue weighted by atomic mass is 9.97. The molecule has 2 nitrogen and oxygen atoms in total. The monoisotopic (exact) mass is 286 g/mol. The zero-order chi connectivity index (χ0) is 14.2. The number of nitriles is 1. The molecule has 1 aromatic rings. The van der Waals surface area contributed by atoms with E-state index in [-0.39, 0.29) is 0 Å². The van der Waals surface area contributed by atoms with E-state index in [0.717, 1.165) is 34.9 Å². The number of thioether (sulfide) groups is 1. The Kier molecular flexibility index (Phi) is 6.01. The highest BCUT2D eigenvalue weighted by Crippen LogP contribution is 2.28. The Labute approximate surface area is 126 Å². The zero-order valence-electron chi connectivity index (χ0n) is 12.1. The lowest BCUT2D eigenvalue weighted by Crippen LogP contribution is -2.06. The van der Waals surface area contributed by atoms with E-state index in [2.05, 4.69) is 24.4 Å². The van der Waals surface area contributed by atoms with Gasteiger partial charge in [-0.25, -0.2) is 0 Å². The summed E-state index contributed by atoms with van der Waals surface area (Å²) in [6.07, 6.45) is 8.64. The maximum Gasteiger partial charge on any atom is 0.102 e. The molecule has 1 N–H and O–H groups in total. The van der Waals surface area contributed by atoms with E-state index in [1.165, 1.54) is 25.7 Å². The fourth-order valence-electron chi connectivity index (χ4n) is 2.56. The maximum absolute atomic E-state index is 9.36. The average molecular weight is 286 g/mol. The second-order valence-electron chi connectivity index (χ2n) is 5.01. The molecule has 0 atom stereocenters. The van der Waals surface area contributed by atoms with E-state index >= 15 is 0 Å². The second-order valence-corrected chi connectivity index (χ2v) is 6.31. The van der Waals surface area contributed by atoms with Crippen molar-refractivity contribution in [2.75, 3.05) is 17.6 Å². The fraction of sp³-hybridized carbons (Fsp3) is 0.471. The lowest BCUT2D eigenvalue weighted by molar-refractivity contribution is 0.679. The molecular formula is C17H22N2S. The summed E-state index contributed by atoms with van der Waals surface area (Å²) in [5.74, 6) is 0.991. The van der Waals surface area contributed by atoms with Gasteiger partial charge in [0.25, 0.3) is 0 Å². The fourth-order valence-corrected chi connectivity index (χ4v) is 3.34. The number of nitrogens with one attached hydrogen (secondary N) is 1. The molecule has 20 heavy (non-hydrogen) atoms. The molecule has 1 aliphatic carbocycles. The van der Waals surface area contributed by atoms with Crippen molar-refractivity contribution in [2.45, 2.75) is 43.9 Å². The number of hydrogen-bond acceptors (Lipinski definition) is 3. The Balaban J connectivity index is 1.97. The van der Waals surface area contributed by atoms with Crippen LogP contribution >= 0.6 is 11.8 Å². The van der Waals surface area contributed by atoms with Crippen LogP contribution in [0.3, 0.4) is 0 Å². The second kappa shape index (κ2) is 8.01. The third-order valence-corrected chi connectivity index (χ3v) is 4.52. The van der Waals surface area contributed by atoms with Crippen molar-refractivity contribution in [1.29, 1.82) is 5.26 Å². The summed E-state index contributed by atoms with van der Waals surface area (Å²) in [4.78, 5) is 1.08. The predicted octanol–water partition coefficient (Wildman–Crippen LogP) is 4.97. The number of benzene rings is 1. The summed E-state index contributed by atoms with van der Waals surface area (Å²) in [5.41, 5.74) is 3.33. The third-order valence-electron chi connectivity index (χ3n) is 3.58. The molecule has 0 saturated heterocycles. The normalized spacial score (nSPS) is 14.5. The van der Waals surface area contributed by atoms with E-state index < -0.39 is 0 Å². The molecule has 0 aromatic heterocycles. The molecule has 0 heterocycles. The zero-order valence-corrected chi connectivity index (χ0v) is 12.9. The van der Waals surface area contributed by atoms with Crippen molar-refractivity contribution >= 4 is 17.4 Å². The molecule has 1 aliphatic rings. The first-order valence-corrected chi connectivity index (χ1v) is 8.41. The van der Waals surface area contributed by atoms with Gasteiger partial charge in [-0.3, -0.25) is 0 Å². The van der Waals surface area contributed by atoms with Crippen molar-refractivity contribution in [3.8, 4) is 6.07 Å². The minimum absolute atomic E-state index is 0.789. The number of hydrogen-bond donors (Lipinski definition) is 1. The van der Waals surface area contributed by atoms with Crippen molar-refractivity contribution < 1.29 is 0 Å². The van der Waals surface area contributed by atoms with Crippen LogP contribution in [0.25, 0.3) is 0 Å². The molecule has 0 amide bonds. The molecule has 0 saturated carbocycles. The summed E-state index contributed by atoms with van der Waals surface area (Å²) in [7, 11) is 0. The van der Waals surface area contributed by atoms with Crippen LogP contribution in [0.1, 0.15) is 44.6 Å². The molecule has 0 fully saturated rings. The van der Waals surface area contributed by atoms with Gasteiger partial charge in [0.15, 0.2) is 0 Å². The minimum Gasteiger partial charge on any atom is -0.384 e. The third kappa shape index (κ3) is 4.05. The molecule has 0 aliphatic heterocycles. The predicted molar refractivity (Wildman–Crippen MR) is 87.2 cm³/mol. The lowest BCUT2D eigenvalue weighted by Gasteiger charge is -2.14. The molecule has 0 spiro atoms. The molecule has 0 radical (unpaired) electrons. The standard InChI is InChI=1S/C17H22N2S/c1-2-20-17-10-6-9-16(15(17)13-18)19-12-11-14-7-4-3-5-8-14/h6-7,9-10,19H,2-5,8,11-12H2,1H3. The van der Waals surface area contributed by atoms with Gasteiger partial charge in [-0.15, -0.1) is 11.8 Å². The molecule has 0 unspecified atom stereocenters. The Morgan fingerprint density at radius 1 is 1.35 bits per heavy atom.